The minimum atomic E-state index is -0.588. The van der Waals surface area contributed by atoms with Crippen molar-refractivity contribution in [3.8, 4) is 11.5 Å². The highest BCUT2D eigenvalue weighted by atomic mass is 16.6. The molecule has 4 heteroatoms. The van der Waals surface area contributed by atoms with Crippen LogP contribution in [0.5, 0.6) is 11.5 Å². The largest absolute Gasteiger partial charge is 0.485 e. The summed E-state index contributed by atoms with van der Waals surface area (Å²) < 4.78 is 11.6. The van der Waals surface area contributed by atoms with Crippen molar-refractivity contribution in [3.05, 3.63) is 53.6 Å². The van der Waals surface area contributed by atoms with Crippen LogP contribution in [0.15, 0.2) is 42.5 Å². The van der Waals surface area contributed by atoms with Crippen molar-refractivity contribution in [1.29, 1.82) is 0 Å². The molecular formula is C19H19NO3. The molecular weight excluding hydrogens is 290 g/mol. The summed E-state index contributed by atoms with van der Waals surface area (Å²) in [4.78, 5) is 14.9. The lowest BCUT2D eigenvalue weighted by molar-refractivity contribution is -0.127. The Morgan fingerprint density at radius 2 is 1.96 bits per heavy atom. The van der Waals surface area contributed by atoms with Crippen molar-refractivity contribution < 1.29 is 14.3 Å². The average molecular weight is 309 g/mol. The van der Waals surface area contributed by atoms with Crippen LogP contribution >= 0.6 is 0 Å². The minimum absolute atomic E-state index is 0.0187. The molecule has 0 bridgehead atoms. The summed E-state index contributed by atoms with van der Waals surface area (Å²) in [6.07, 6.45) is 1.41. The Morgan fingerprint density at radius 3 is 2.83 bits per heavy atom. The van der Waals surface area contributed by atoms with Crippen LogP contribution in [-0.4, -0.2) is 25.2 Å². The zero-order chi connectivity index (χ0) is 15.8. The molecule has 0 N–H and O–H groups in total. The monoisotopic (exact) mass is 309 g/mol. The van der Waals surface area contributed by atoms with Crippen LogP contribution < -0.4 is 14.4 Å². The maximum Gasteiger partial charge on any atom is 0.271 e. The van der Waals surface area contributed by atoms with Crippen LogP contribution in [-0.2, 0) is 11.2 Å². The first-order valence-electron chi connectivity index (χ1n) is 8.02. The minimum Gasteiger partial charge on any atom is -0.485 e. The standard InChI is InChI=1S/C19H19NO3/c1-13-6-4-7-14-8-5-11-20(18(13)14)19(21)17-12-22-15-9-2-3-10-16(15)23-17/h2-4,6-7,9-10,17H,5,8,11-12H2,1H3. The highest BCUT2D eigenvalue weighted by molar-refractivity contribution is 5.98. The van der Waals surface area contributed by atoms with E-state index in [1.165, 1.54) is 5.56 Å². The fourth-order valence-corrected chi connectivity index (χ4v) is 3.38. The van der Waals surface area contributed by atoms with Gasteiger partial charge in [0.15, 0.2) is 11.5 Å². The summed E-state index contributed by atoms with van der Waals surface area (Å²) in [7, 11) is 0. The van der Waals surface area contributed by atoms with Gasteiger partial charge in [-0.2, -0.15) is 0 Å². The predicted octanol–water partition coefficient (Wildman–Crippen LogP) is 3.11. The van der Waals surface area contributed by atoms with Gasteiger partial charge in [0.1, 0.15) is 6.61 Å². The van der Waals surface area contributed by atoms with Gasteiger partial charge in [0.25, 0.3) is 5.91 Å². The molecule has 0 aliphatic carbocycles. The number of hydrogen-bond acceptors (Lipinski definition) is 3. The SMILES string of the molecule is Cc1cccc2c1N(C(=O)C1COc3ccccc3O1)CCC2. The van der Waals surface area contributed by atoms with E-state index in [-0.39, 0.29) is 12.5 Å². The number of amides is 1. The van der Waals surface area contributed by atoms with Gasteiger partial charge in [-0.25, -0.2) is 0 Å². The first-order chi connectivity index (χ1) is 11.2. The number of benzene rings is 2. The van der Waals surface area contributed by atoms with Gasteiger partial charge in [-0.1, -0.05) is 30.3 Å². The molecule has 1 amide bonds. The maximum atomic E-state index is 13.0. The quantitative estimate of drug-likeness (QED) is 0.812. The molecule has 1 unspecified atom stereocenters. The predicted molar refractivity (Wildman–Crippen MR) is 88.2 cm³/mol. The number of para-hydroxylation sites is 3. The van der Waals surface area contributed by atoms with Crippen LogP contribution in [0.25, 0.3) is 0 Å². The Hall–Kier alpha value is -2.49. The zero-order valence-electron chi connectivity index (χ0n) is 13.1. The van der Waals surface area contributed by atoms with Crippen LogP contribution in [0.4, 0.5) is 5.69 Å². The zero-order valence-corrected chi connectivity index (χ0v) is 13.1. The highest BCUT2D eigenvalue weighted by Gasteiger charge is 2.34. The Morgan fingerprint density at radius 1 is 1.13 bits per heavy atom. The molecule has 0 spiro atoms. The van der Waals surface area contributed by atoms with Gasteiger partial charge in [-0.3, -0.25) is 4.79 Å². The summed E-state index contributed by atoms with van der Waals surface area (Å²) in [5, 5.41) is 0. The first-order valence-corrected chi connectivity index (χ1v) is 8.02. The summed E-state index contributed by atoms with van der Waals surface area (Å²) in [5.74, 6) is 1.32. The van der Waals surface area contributed by atoms with E-state index >= 15 is 0 Å². The molecule has 23 heavy (non-hydrogen) atoms. The van der Waals surface area contributed by atoms with E-state index in [4.69, 9.17) is 9.47 Å². The van der Waals surface area contributed by atoms with Gasteiger partial charge in [0.05, 0.1) is 0 Å². The maximum absolute atomic E-state index is 13.0. The molecule has 2 aromatic rings. The molecule has 118 valence electrons. The number of carbonyl (C=O) groups is 1. The third kappa shape index (κ3) is 2.44. The molecule has 4 nitrogen and oxygen atoms in total. The van der Waals surface area contributed by atoms with E-state index < -0.39 is 6.10 Å². The number of anilines is 1. The molecule has 0 radical (unpaired) electrons. The van der Waals surface area contributed by atoms with Crippen LogP contribution in [0.3, 0.4) is 0 Å². The Labute approximate surface area is 135 Å². The van der Waals surface area contributed by atoms with E-state index in [0.29, 0.717) is 11.5 Å². The lowest BCUT2D eigenvalue weighted by Gasteiger charge is -2.35. The second-order valence-corrected chi connectivity index (χ2v) is 6.04. The van der Waals surface area contributed by atoms with Crippen molar-refractivity contribution >= 4 is 11.6 Å². The molecule has 0 saturated heterocycles. The second kappa shape index (κ2) is 5.61. The lowest BCUT2D eigenvalue weighted by Crippen LogP contribution is -2.48. The molecule has 4 rings (SSSR count). The van der Waals surface area contributed by atoms with Crippen molar-refractivity contribution in [2.45, 2.75) is 25.9 Å². The molecule has 2 aromatic carbocycles. The lowest BCUT2D eigenvalue weighted by atomic mass is 9.97. The number of aryl methyl sites for hydroxylation is 2. The molecule has 0 fully saturated rings. The van der Waals surface area contributed by atoms with Crippen molar-refractivity contribution in [2.75, 3.05) is 18.1 Å². The van der Waals surface area contributed by atoms with E-state index in [1.807, 2.05) is 29.2 Å². The normalized spacial score (nSPS) is 19.2. The number of carbonyl (C=O) groups excluding carboxylic acids is 1. The number of fused-ring (bicyclic) bond motifs is 2. The molecule has 2 aliphatic rings. The van der Waals surface area contributed by atoms with Crippen LogP contribution in [0.1, 0.15) is 17.5 Å². The molecule has 0 aromatic heterocycles. The van der Waals surface area contributed by atoms with E-state index in [1.54, 1.807) is 0 Å². The van der Waals surface area contributed by atoms with Gasteiger partial charge in [0.2, 0.25) is 6.10 Å². The Bertz CT molecular complexity index is 756. The molecule has 2 aliphatic heterocycles. The van der Waals surface area contributed by atoms with Gasteiger partial charge in [-0.15, -0.1) is 0 Å². The number of nitrogens with zero attached hydrogens (tertiary/aromatic N) is 1. The topological polar surface area (TPSA) is 38.8 Å². The third-order valence-corrected chi connectivity index (χ3v) is 4.47. The van der Waals surface area contributed by atoms with Crippen LogP contribution in [0, 0.1) is 6.92 Å². The smallest absolute Gasteiger partial charge is 0.271 e. The van der Waals surface area contributed by atoms with Gasteiger partial charge >= 0.3 is 0 Å². The number of rotatable bonds is 1. The van der Waals surface area contributed by atoms with Crippen molar-refractivity contribution in [3.63, 3.8) is 0 Å². The van der Waals surface area contributed by atoms with Gasteiger partial charge in [-0.05, 0) is 43.0 Å². The third-order valence-electron chi connectivity index (χ3n) is 4.47. The summed E-state index contributed by atoms with van der Waals surface area (Å²) >= 11 is 0. The fraction of sp³-hybridized carbons (Fsp3) is 0.316. The van der Waals surface area contributed by atoms with Gasteiger partial charge in [0, 0.05) is 12.2 Å². The summed E-state index contributed by atoms with van der Waals surface area (Å²) in [6.45, 7) is 3.05. The van der Waals surface area contributed by atoms with Crippen LogP contribution in [0.2, 0.25) is 0 Å². The Kier molecular flexibility index (Phi) is 3.45. The van der Waals surface area contributed by atoms with E-state index in [0.717, 1.165) is 30.6 Å². The molecule has 2 heterocycles. The number of ether oxygens (including phenoxy) is 2. The van der Waals surface area contributed by atoms with Crippen molar-refractivity contribution in [2.24, 2.45) is 0 Å². The second-order valence-electron chi connectivity index (χ2n) is 6.04. The fourth-order valence-electron chi connectivity index (χ4n) is 3.38. The molecule has 1 atom stereocenters. The van der Waals surface area contributed by atoms with E-state index in [2.05, 4.69) is 25.1 Å². The number of hydrogen-bond donors (Lipinski definition) is 0. The summed E-state index contributed by atoms with van der Waals surface area (Å²) in [6, 6.07) is 13.7. The van der Waals surface area contributed by atoms with E-state index in [9.17, 15) is 4.79 Å². The van der Waals surface area contributed by atoms with Gasteiger partial charge < -0.3 is 14.4 Å². The summed E-state index contributed by atoms with van der Waals surface area (Å²) in [5.41, 5.74) is 3.42. The highest BCUT2D eigenvalue weighted by Crippen LogP contribution is 2.34. The average Bonchev–Trinajstić information content (AvgIpc) is 2.60. The first kappa shape index (κ1) is 14.1. The Balaban J connectivity index is 1.62. The van der Waals surface area contributed by atoms with Crippen molar-refractivity contribution in [1.82, 2.24) is 0 Å². The molecule has 0 saturated carbocycles.